The van der Waals surface area contributed by atoms with E-state index >= 15 is 0 Å². The van der Waals surface area contributed by atoms with Gasteiger partial charge in [0.05, 0.1) is 0 Å². The normalized spacial score (nSPS) is 11.2. The number of carbonyl (C=O) groups is 2. The Kier molecular flexibility index (Phi) is 35.1. The minimum atomic E-state index is -4.65. The van der Waals surface area contributed by atoms with Gasteiger partial charge in [-0.2, -0.15) is 0 Å². The van der Waals surface area contributed by atoms with Crippen molar-refractivity contribution in [1.82, 2.24) is 0 Å². The molecule has 8 heteroatoms. The first-order chi connectivity index (χ1) is 18.2. The van der Waals surface area contributed by atoms with Gasteiger partial charge >= 0.3 is 138 Å². The van der Waals surface area contributed by atoms with E-state index < -0.39 is 13.8 Å². The zero-order valence-electron chi connectivity index (χ0n) is 25.4. The molecular weight excluding hydrogens is 526 g/mol. The SMILES string of the molecule is CCCCCCCCCCCC(=O)OP(=O)(O)O.CCCCCCCCCCCCCCCCC[C](=O)[K]. The average molecular weight is 587 g/mol. The first kappa shape index (κ1) is 41.1. The van der Waals surface area contributed by atoms with Crippen LogP contribution in [0, 0.1) is 0 Å². The molecule has 0 fully saturated rings. The van der Waals surface area contributed by atoms with Crippen LogP contribution in [0.25, 0.3) is 0 Å². The Hall–Kier alpha value is 0.926. The van der Waals surface area contributed by atoms with Crippen LogP contribution in [-0.2, 0) is 18.7 Å². The van der Waals surface area contributed by atoms with E-state index in [1.54, 1.807) is 0 Å². The number of phosphoric ester groups is 1. The van der Waals surface area contributed by atoms with Crippen molar-refractivity contribution in [2.24, 2.45) is 0 Å². The molecule has 0 radical (unpaired) electrons. The topological polar surface area (TPSA) is 101 Å². The number of unbranched alkanes of at least 4 members (excludes halogenated alkanes) is 22. The van der Waals surface area contributed by atoms with Crippen molar-refractivity contribution in [1.29, 1.82) is 0 Å². The van der Waals surface area contributed by atoms with E-state index in [0.717, 1.165) is 32.1 Å². The second-order valence-corrected chi connectivity index (χ2v) is 13.8. The summed E-state index contributed by atoms with van der Waals surface area (Å²) in [6.07, 6.45) is 32.0. The first-order valence-electron chi connectivity index (χ1n) is 16.0. The van der Waals surface area contributed by atoms with Gasteiger partial charge in [0.1, 0.15) is 0 Å². The van der Waals surface area contributed by atoms with Crippen LogP contribution >= 0.6 is 7.82 Å². The molecule has 222 valence electrons. The van der Waals surface area contributed by atoms with Crippen molar-refractivity contribution in [3.05, 3.63) is 0 Å². The van der Waals surface area contributed by atoms with Gasteiger partial charge in [0.2, 0.25) is 0 Å². The van der Waals surface area contributed by atoms with E-state index in [9.17, 15) is 14.2 Å². The van der Waals surface area contributed by atoms with Crippen LogP contribution in [0.1, 0.15) is 181 Å². The molecule has 0 aliphatic rings. The quantitative estimate of drug-likeness (QED) is 0.0565. The van der Waals surface area contributed by atoms with Crippen LogP contribution in [0.4, 0.5) is 0 Å². The zero-order chi connectivity index (χ0) is 28.7. The average Bonchev–Trinajstić information content (AvgIpc) is 2.84. The maximum atomic E-state index is 11.0. The molecule has 0 rings (SSSR count). The van der Waals surface area contributed by atoms with E-state index in [2.05, 4.69) is 18.4 Å². The van der Waals surface area contributed by atoms with E-state index in [1.807, 2.05) is 0 Å². The van der Waals surface area contributed by atoms with Crippen LogP contribution in [0.3, 0.4) is 0 Å². The molecule has 0 saturated carbocycles. The monoisotopic (exact) mass is 586 g/mol. The number of hydrogen-bond acceptors (Lipinski definition) is 4. The summed E-state index contributed by atoms with van der Waals surface area (Å²) in [4.78, 5) is 38.6. The maximum absolute atomic E-state index is 11.0. The fourth-order valence-electron chi connectivity index (χ4n) is 4.50. The molecule has 0 aliphatic heterocycles. The second kappa shape index (κ2) is 32.4. The van der Waals surface area contributed by atoms with Crippen molar-refractivity contribution in [3.8, 4) is 0 Å². The number of carbonyl (C=O) groups excluding carboxylic acids is 2. The molecule has 0 atom stereocenters. The summed E-state index contributed by atoms with van der Waals surface area (Å²) in [7, 11) is -4.65. The molecule has 0 bridgehead atoms. The molecule has 2 N–H and O–H groups in total. The molecule has 0 heterocycles. The van der Waals surface area contributed by atoms with Crippen LogP contribution in [0.2, 0.25) is 0 Å². The molecule has 38 heavy (non-hydrogen) atoms. The van der Waals surface area contributed by atoms with Gasteiger partial charge in [-0.3, -0.25) is 14.6 Å². The summed E-state index contributed by atoms with van der Waals surface area (Å²) in [5, 5.41) is 0. The molecule has 0 aromatic heterocycles. The summed E-state index contributed by atoms with van der Waals surface area (Å²) in [5.74, 6) is -0.814. The fourth-order valence-corrected chi connectivity index (χ4v) is 5.41. The van der Waals surface area contributed by atoms with Crippen LogP contribution in [0.15, 0.2) is 0 Å². The first-order valence-corrected chi connectivity index (χ1v) is 19.1. The zero-order valence-corrected chi connectivity index (χ0v) is 29.4. The third-order valence-corrected chi connectivity index (χ3v) is 8.06. The van der Waals surface area contributed by atoms with Crippen molar-refractivity contribution in [2.75, 3.05) is 0 Å². The van der Waals surface area contributed by atoms with Gasteiger partial charge < -0.3 is 4.52 Å². The molecule has 0 saturated heterocycles. The Morgan fingerprint density at radius 1 is 0.526 bits per heavy atom. The van der Waals surface area contributed by atoms with Gasteiger partial charge in [0.15, 0.2) is 0 Å². The summed E-state index contributed by atoms with van der Waals surface area (Å²) in [6.45, 7) is 4.47. The molecule has 0 spiro atoms. The van der Waals surface area contributed by atoms with Gasteiger partial charge in [-0.25, -0.2) is 4.57 Å². The molecule has 0 aliphatic carbocycles. The molecule has 0 aromatic rings. The number of phosphoric acid groups is 1. The Morgan fingerprint density at radius 2 is 0.789 bits per heavy atom. The Bertz CT molecular complexity index is 567. The van der Waals surface area contributed by atoms with E-state index in [-0.39, 0.29) is 6.42 Å². The van der Waals surface area contributed by atoms with Gasteiger partial charge in [-0.15, -0.1) is 0 Å². The van der Waals surface area contributed by atoms with Crippen molar-refractivity contribution in [3.63, 3.8) is 0 Å². The Labute approximate surface area is 269 Å². The van der Waals surface area contributed by atoms with Crippen molar-refractivity contribution in [2.45, 2.75) is 181 Å². The summed E-state index contributed by atoms with van der Waals surface area (Å²) in [6, 6.07) is 0. The number of rotatable bonds is 27. The molecule has 0 amide bonds. The molecular formula is C30H60KO6P. The Balaban J connectivity index is 0. The van der Waals surface area contributed by atoms with Crippen molar-refractivity contribution >= 4 is 62.6 Å². The third kappa shape index (κ3) is 41.4. The van der Waals surface area contributed by atoms with Gasteiger partial charge in [0, 0.05) is 6.42 Å². The summed E-state index contributed by atoms with van der Waals surface area (Å²) in [5.41, 5.74) is 0. The van der Waals surface area contributed by atoms with Gasteiger partial charge in [0.25, 0.3) is 0 Å². The second-order valence-electron chi connectivity index (χ2n) is 10.9. The fraction of sp³-hybridized carbons (Fsp3) is 0.933. The van der Waals surface area contributed by atoms with Crippen LogP contribution in [-0.4, -0.2) is 64.6 Å². The standard InChI is InChI=1S/C18H35O.C12H25O5P.K/c1-2-3-4-5-6-7-8-9-10-11-12-13-14-15-16-17-18-19;1-2-3-4-5-6-7-8-9-10-11-12(13)17-18(14,15)16;/h2-17H2,1H3;2-11H2,1H3,(H2,14,15,16);. The van der Waals surface area contributed by atoms with E-state index in [4.69, 9.17) is 9.79 Å². The summed E-state index contributed by atoms with van der Waals surface area (Å²) < 4.78 is 14.8. The van der Waals surface area contributed by atoms with E-state index in [0.29, 0.717) is 55.3 Å². The minimum absolute atomic E-state index is 0.0843. The molecule has 6 nitrogen and oxygen atoms in total. The third-order valence-electron chi connectivity index (χ3n) is 6.84. The van der Waals surface area contributed by atoms with Crippen LogP contribution < -0.4 is 0 Å². The molecule has 0 unspecified atom stereocenters. The van der Waals surface area contributed by atoms with Gasteiger partial charge in [-0.1, -0.05) is 97.3 Å². The Morgan fingerprint density at radius 3 is 1.05 bits per heavy atom. The van der Waals surface area contributed by atoms with Gasteiger partial charge in [-0.05, 0) is 6.42 Å². The van der Waals surface area contributed by atoms with Crippen molar-refractivity contribution < 1.29 is 28.5 Å². The summed E-state index contributed by atoms with van der Waals surface area (Å²) >= 11 is 0.420. The predicted molar refractivity (Wildman–Crippen MR) is 160 cm³/mol. The van der Waals surface area contributed by atoms with E-state index in [1.165, 1.54) is 122 Å². The predicted octanol–water partition coefficient (Wildman–Crippen LogP) is 9.49. The van der Waals surface area contributed by atoms with Crippen LogP contribution in [0.5, 0.6) is 0 Å². The molecule has 0 aromatic carbocycles. The number of hydrogen-bond donors (Lipinski definition) is 2.